The number of non-ortho nitro benzene ring substituents is 1. The smallest absolute Gasteiger partial charge is 0.459 e. The van der Waals surface area contributed by atoms with Crippen molar-refractivity contribution in [2.45, 2.75) is 43.9 Å². The number of aromatic hydroxyl groups is 1. The Morgan fingerprint density at radius 1 is 1.23 bits per heavy atom. The van der Waals surface area contributed by atoms with Gasteiger partial charge < -0.3 is 35.1 Å². The van der Waals surface area contributed by atoms with Crippen molar-refractivity contribution in [3.8, 4) is 11.5 Å². The number of ether oxygens (including phenoxy) is 2. The summed E-state index contributed by atoms with van der Waals surface area (Å²) < 4.78 is 37.4. The number of nitrogens with two attached hydrogens (primary N) is 1. The normalized spacial score (nSPS) is 21.7. The Bertz CT molecular complexity index is 1520. The number of phenolic OH excluding ortho intramolecular Hbond substituents is 1. The summed E-state index contributed by atoms with van der Waals surface area (Å²) in [5, 5.41) is 48.6. The molecule has 3 aromatic rings. The number of aliphatic hydroxyl groups is 2. The van der Waals surface area contributed by atoms with Gasteiger partial charge in [0.2, 0.25) is 0 Å². The summed E-state index contributed by atoms with van der Waals surface area (Å²) in [7, 11) is -4.57. The van der Waals surface area contributed by atoms with Gasteiger partial charge >= 0.3 is 13.7 Å². The second-order valence-electron chi connectivity index (χ2n) is 9.56. The van der Waals surface area contributed by atoms with Crippen LogP contribution in [0.2, 0.25) is 0 Å². The molecule has 0 saturated carbocycles. The zero-order valence-corrected chi connectivity index (χ0v) is 24.2. The highest BCUT2D eigenvalue weighted by atomic mass is 31.2. The molecule has 6 N–H and O–H groups in total. The topological polar surface area (TPSA) is 244 Å². The minimum Gasteiger partial charge on any atom is -0.508 e. The first-order chi connectivity index (χ1) is 20.9. The van der Waals surface area contributed by atoms with E-state index >= 15 is 0 Å². The molecule has 0 radical (unpaired) electrons. The number of phenols is 1. The molecular formula is C26H31N6O11P. The highest BCUT2D eigenvalue weighted by Gasteiger charge is 2.46. The van der Waals surface area contributed by atoms with Gasteiger partial charge in [-0.1, -0.05) is 18.7 Å². The second-order valence-corrected chi connectivity index (χ2v) is 11.3. The largest absolute Gasteiger partial charge is 0.508 e. The summed E-state index contributed by atoms with van der Waals surface area (Å²) >= 11 is 0. The standard InChI is InChI=1S/C26H31N6O11P/c1-3-40-26(36)20(12-16-4-8-18(33)9-5-16)30-44(39,43-19-10-6-17(7-11-19)32(37)38)41-13-21-22(34)23(35)25(42-21)31-14-28-24(29-31)15(2)27/h4-11,14,20-23,25,33-35H,2-3,12-13,27H2,1H3,(H,30,39)/t20-,21+,22+,23+,25+,44?/m0/s1. The van der Waals surface area contributed by atoms with Gasteiger partial charge in [-0.2, -0.15) is 5.09 Å². The van der Waals surface area contributed by atoms with Crippen molar-refractivity contribution in [1.82, 2.24) is 19.9 Å². The van der Waals surface area contributed by atoms with Crippen molar-refractivity contribution in [3.05, 3.63) is 82.9 Å². The first-order valence-corrected chi connectivity index (χ1v) is 14.7. The number of hydrogen-bond acceptors (Lipinski definition) is 14. The fraction of sp³-hybridized carbons (Fsp3) is 0.346. The van der Waals surface area contributed by atoms with Gasteiger partial charge in [-0.05, 0) is 43.2 Å². The van der Waals surface area contributed by atoms with Crippen LogP contribution in [0.3, 0.4) is 0 Å². The number of nitrogens with one attached hydrogen (secondary N) is 1. The van der Waals surface area contributed by atoms with Crippen LogP contribution in [0, 0.1) is 10.1 Å². The van der Waals surface area contributed by atoms with Crippen molar-refractivity contribution in [1.29, 1.82) is 0 Å². The Balaban J connectivity index is 1.57. The predicted octanol–water partition coefficient (Wildman–Crippen LogP) is 1.41. The van der Waals surface area contributed by atoms with Crippen LogP contribution < -0.4 is 15.3 Å². The predicted molar refractivity (Wildman–Crippen MR) is 152 cm³/mol. The van der Waals surface area contributed by atoms with Crippen LogP contribution in [-0.2, 0) is 29.8 Å². The number of esters is 1. The van der Waals surface area contributed by atoms with Crippen LogP contribution in [0.1, 0.15) is 24.5 Å². The Morgan fingerprint density at radius 2 is 1.91 bits per heavy atom. The van der Waals surface area contributed by atoms with Crippen LogP contribution in [0.15, 0.2) is 61.4 Å². The molecule has 18 heteroatoms. The second kappa shape index (κ2) is 13.9. The Kier molecular flexibility index (Phi) is 10.3. The number of aliphatic hydroxyl groups excluding tert-OH is 2. The van der Waals surface area contributed by atoms with Gasteiger partial charge in [0.25, 0.3) is 5.69 Å². The van der Waals surface area contributed by atoms with Gasteiger partial charge in [-0.25, -0.2) is 14.2 Å². The van der Waals surface area contributed by atoms with Crippen LogP contribution in [0.5, 0.6) is 11.5 Å². The van der Waals surface area contributed by atoms with Gasteiger partial charge in [0, 0.05) is 12.1 Å². The maximum atomic E-state index is 14.2. The number of rotatable bonds is 14. The van der Waals surface area contributed by atoms with Crippen molar-refractivity contribution in [2.24, 2.45) is 5.73 Å². The molecule has 1 saturated heterocycles. The number of hydrogen-bond donors (Lipinski definition) is 5. The molecule has 17 nitrogen and oxygen atoms in total. The zero-order valence-electron chi connectivity index (χ0n) is 23.3. The molecule has 1 fully saturated rings. The lowest BCUT2D eigenvalue weighted by Gasteiger charge is -2.26. The van der Waals surface area contributed by atoms with Crippen LogP contribution >= 0.6 is 7.75 Å². The van der Waals surface area contributed by atoms with Gasteiger partial charge in [-0.15, -0.1) is 5.10 Å². The maximum Gasteiger partial charge on any atom is 0.459 e. The molecule has 1 aromatic heterocycles. The lowest BCUT2D eigenvalue weighted by atomic mass is 10.1. The van der Waals surface area contributed by atoms with E-state index in [1.165, 1.54) is 30.6 Å². The average Bonchev–Trinajstić information content (AvgIpc) is 3.58. The van der Waals surface area contributed by atoms with E-state index in [0.717, 1.165) is 16.8 Å². The maximum absolute atomic E-state index is 14.2. The molecule has 1 unspecified atom stereocenters. The third-order valence-corrected chi connectivity index (χ3v) is 7.90. The average molecular weight is 635 g/mol. The first kappa shape index (κ1) is 32.5. The third-order valence-electron chi connectivity index (χ3n) is 6.34. The summed E-state index contributed by atoms with van der Waals surface area (Å²) in [5.41, 5.74) is 5.97. The molecule has 2 heterocycles. The summed E-state index contributed by atoms with van der Waals surface area (Å²) in [6.07, 6.45) is -4.38. The molecule has 44 heavy (non-hydrogen) atoms. The van der Waals surface area contributed by atoms with Crippen LogP contribution in [0.25, 0.3) is 5.70 Å². The number of aromatic nitrogens is 3. The Morgan fingerprint density at radius 3 is 2.50 bits per heavy atom. The minimum absolute atomic E-state index is 0.00382. The Hall–Kier alpha value is -4.38. The number of nitro groups is 1. The molecular weight excluding hydrogens is 603 g/mol. The molecule has 0 aliphatic carbocycles. The molecule has 1 aliphatic heterocycles. The minimum atomic E-state index is -4.57. The lowest BCUT2D eigenvalue weighted by Crippen LogP contribution is -2.40. The molecule has 4 rings (SSSR count). The van der Waals surface area contributed by atoms with Gasteiger partial charge in [0.15, 0.2) is 12.1 Å². The summed E-state index contributed by atoms with van der Waals surface area (Å²) in [5.74, 6) is -0.830. The van der Waals surface area contributed by atoms with Gasteiger partial charge in [0.05, 0.1) is 23.8 Å². The van der Waals surface area contributed by atoms with E-state index in [-0.39, 0.29) is 41.7 Å². The van der Waals surface area contributed by atoms with Gasteiger partial charge in [0.1, 0.15) is 42.2 Å². The third kappa shape index (κ3) is 7.96. The van der Waals surface area contributed by atoms with Crippen LogP contribution in [-0.4, -0.2) is 78.5 Å². The van der Waals surface area contributed by atoms with Crippen molar-refractivity contribution in [2.75, 3.05) is 13.2 Å². The number of nitro benzene ring substituents is 1. The fourth-order valence-corrected chi connectivity index (χ4v) is 5.64. The van der Waals surface area contributed by atoms with Crippen molar-refractivity contribution < 1.29 is 48.1 Å². The van der Waals surface area contributed by atoms with E-state index in [1.54, 1.807) is 19.1 Å². The molecule has 6 atom stereocenters. The molecule has 236 valence electrons. The SMILES string of the molecule is C=C(N)c1ncn([C@@H]2O[C@H](COP(=O)(N[C@@H](Cc3ccc(O)cc3)C(=O)OCC)Oc3ccc([N+](=O)[O-])cc3)[C@@H](O)[C@H]2O)n1. The summed E-state index contributed by atoms with van der Waals surface area (Å²) in [6, 6.07) is 9.21. The quantitative estimate of drug-likeness (QED) is 0.0728. The summed E-state index contributed by atoms with van der Waals surface area (Å²) in [4.78, 5) is 27.3. The molecule has 0 amide bonds. The zero-order chi connectivity index (χ0) is 32.0. The fourth-order valence-electron chi connectivity index (χ4n) is 4.14. The number of benzene rings is 2. The number of nitrogens with zero attached hydrogens (tertiary/aromatic N) is 4. The van der Waals surface area contributed by atoms with E-state index < -0.39 is 55.8 Å². The van der Waals surface area contributed by atoms with Crippen molar-refractivity contribution in [3.63, 3.8) is 0 Å². The van der Waals surface area contributed by atoms with Crippen LogP contribution in [0.4, 0.5) is 5.69 Å². The molecule has 2 aromatic carbocycles. The lowest BCUT2D eigenvalue weighted by molar-refractivity contribution is -0.384. The highest BCUT2D eigenvalue weighted by molar-refractivity contribution is 7.52. The highest BCUT2D eigenvalue weighted by Crippen LogP contribution is 2.46. The molecule has 1 aliphatic rings. The number of carbonyl (C=O) groups is 1. The van der Waals surface area contributed by atoms with E-state index in [9.17, 15) is 34.8 Å². The van der Waals surface area contributed by atoms with E-state index in [1.807, 2.05) is 0 Å². The molecule has 0 bridgehead atoms. The van der Waals surface area contributed by atoms with E-state index in [2.05, 4.69) is 21.7 Å². The van der Waals surface area contributed by atoms with E-state index in [0.29, 0.717) is 5.56 Å². The van der Waals surface area contributed by atoms with E-state index in [4.69, 9.17) is 24.3 Å². The first-order valence-electron chi connectivity index (χ1n) is 13.2. The summed E-state index contributed by atoms with van der Waals surface area (Å²) in [6.45, 7) is 4.50. The van der Waals surface area contributed by atoms with Crippen molar-refractivity contribution >= 4 is 25.1 Å². The molecule has 0 spiro atoms. The van der Waals surface area contributed by atoms with Gasteiger partial charge in [-0.3, -0.25) is 19.4 Å². The monoisotopic (exact) mass is 634 g/mol. The Labute approximate surface area is 250 Å². The number of carbonyl (C=O) groups excluding carboxylic acids is 1.